The van der Waals surface area contributed by atoms with Crippen LogP contribution in [-0.4, -0.2) is 30.0 Å². The first-order valence-electron chi connectivity index (χ1n) is 6.36. The summed E-state index contributed by atoms with van der Waals surface area (Å²) in [4.78, 5) is 0. The smallest absolute Gasteiger partial charge is 0.284 e. The highest BCUT2D eigenvalue weighted by Crippen LogP contribution is 2.39. The molecular formula is C12H19F3N2. The topological polar surface area (TPSA) is 15.6 Å². The van der Waals surface area contributed by atoms with E-state index in [1.54, 1.807) is 0 Å². The van der Waals surface area contributed by atoms with Crippen molar-refractivity contribution < 1.29 is 13.2 Å². The zero-order valence-electron chi connectivity index (χ0n) is 10.1. The second-order valence-corrected chi connectivity index (χ2v) is 5.21. The van der Waals surface area contributed by atoms with Crippen LogP contribution in [0, 0.1) is 11.8 Å². The normalized spacial score (nSPS) is 32.9. The predicted octanol–water partition coefficient (Wildman–Crippen LogP) is 3.44. The van der Waals surface area contributed by atoms with Gasteiger partial charge in [-0.1, -0.05) is 19.8 Å². The highest BCUT2D eigenvalue weighted by atomic mass is 19.4. The molecule has 1 atom stereocenters. The summed E-state index contributed by atoms with van der Waals surface area (Å²) in [6.45, 7) is 2.62. The molecule has 0 aromatic rings. The first kappa shape index (κ1) is 12.7. The van der Waals surface area contributed by atoms with E-state index in [0.717, 1.165) is 18.8 Å². The van der Waals surface area contributed by atoms with E-state index in [2.05, 4.69) is 12.0 Å². The quantitative estimate of drug-likeness (QED) is 0.744. The Morgan fingerprint density at radius 3 is 2.59 bits per heavy atom. The Morgan fingerprint density at radius 2 is 2.00 bits per heavy atom. The second-order valence-electron chi connectivity index (χ2n) is 5.21. The third-order valence-electron chi connectivity index (χ3n) is 3.77. The molecule has 1 unspecified atom stereocenters. The van der Waals surface area contributed by atoms with Crippen LogP contribution in [0.4, 0.5) is 13.2 Å². The molecular weight excluding hydrogens is 229 g/mol. The Labute approximate surface area is 99.9 Å². The molecule has 0 aromatic heterocycles. The van der Waals surface area contributed by atoms with Gasteiger partial charge < -0.3 is 0 Å². The number of alkyl halides is 3. The van der Waals surface area contributed by atoms with Crippen LogP contribution in [0.25, 0.3) is 0 Å². The van der Waals surface area contributed by atoms with Gasteiger partial charge in [0.2, 0.25) is 0 Å². The van der Waals surface area contributed by atoms with Gasteiger partial charge in [0.25, 0.3) is 0 Å². The first-order valence-corrected chi connectivity index (χ1v) is 6.36. The summed E-state index contributed by atoms with van der Waals surface area (Å²) in [7, 11) is 0. The van der Waals surface area contributed by atoms with Crippen molar-refractivity contribution in [3.63, 3.8) is 0 Å². The van der Waals surface area contributed by atoms with Crippen LogP contribution in [0.5, 0.6) is 0 Å². The monoisotopic (exact) mass is 248 g/mol. The van der Waals surface area contributed by atoms with Gasteiger partial charge in [0, 0.05) is 19.2 Å². The van der Waals surface area contributed by atoms with Crippen LogP contribution in [0.3, 0.4) is 0 Å². The summed E-state index contributed by atoms with van der Waals surface area (Å²) in [5, 5.41) is 5.11. The molecule has 1 aliphatic heterocycles. The molecule has 2 nitrogen and oxygen atoms in total. The molecule has 1 fully saturated rings. The predicted molar refractivity (Wildman–Crippen MR) is 60.8 cm³/mol. The molecule has 0 bridgehead atoms. The average molecular weight is 248 g/mol. The number of hydrazone groups is 1. The minimum Gasteiger partial charge on any atom is -0.284 e. The molecule has 0 saturated heterocycles. The molecule has 2 aliphatic rings. The van der Waals surface area contributed by atoms with Crippen LogP contribution in [0.15, 0.2) is 5.10 Å². The van der Waals surface area contributed by atoms with Crippen LogP contribution >= 0.6 is 0 Å². The Morgan fingerprint density at radius 1 is 1.29 bits per heavy atom. The van der Waals surface area contributed by atoms with Gasteiger partial charge in [-0.05, 0) is 24.7 Å². The highest BCUT2D eigenvalue weighted by Gasteiger charge is 2.46. The van der Waals surface area contributed by atoms with E-state index < -0.39 is 12.2 Å². The molecule has 0 amide bonds. The highest BCUT2D eigenvalue weighted by molar-refractivity contribution is 5.60. The SMILES string of the molecule is CCCC1CC(CN2N=CCC2C(F)(F)F)C1. The van der Waals surface area contributed by atoms with Gasteiger partial charge in [-0.2, -0.15) is 18.3 Å². The van der Waals surface area contributed by atoms with Crippen molar-refractivity contribution in [2.75, 3.05) is 6.54 Å². The lowest BCUT2D eigenvalue weighted by atomic mass is 9.72. The van der Waals surface area contributed by atoms with Gasteiger partial charge in [0.1, 0.15) is 6.04 Å². The maximum atomic E-state index is 12.7. The van der Waals surface area contributed by atoms with E-state index in [0.29, 0.717) is 12.5 Å². The van der Waals surface area contributed by atoms with E-state index in [9.17, 15) is 13.2 Å². The first-order chi connectivity index (χ1) is 8.00. The molecule has 0 radical (unpaired) electrons. The Bertz CT molecular complexity index is 282. The van der Waals surface area contributed by atoms with Crippen LogP contribution < -0.4 is 0 Å². The molecule has 0 aromatic carbocycles. The third-order valence-corrected chi connectivity index (χ3v) is 3.77. The van der Waals surface area contributed by atoms with E-state index in [-0.39, 0.29) is 6.42 Å². The van der Waals surface area contributed by atoms with Crippen LogP contribution in [0.1, 0.15) is 39.0 Å². The van der Waals surface area contributed by atoms with Gasteiger partial charge in [-0.15, -0.1) is 0 Å². The summed E-state index contributed by atoms with van der Waals surface area (Å²) in [6, 6.07) is -1.38. The molecule has 98 valence electrons. The fraction of sp³-hybridized carbons (Fsp3) is 0.917. The maximum Gasteiger partial charge on any atom is 0.410 e. The maximum absolute atomic E-state index is 12.7. The lowest BCUT2D eigenvalue weighted by Gasteiger charge is -2.38. The molecule has 0 N–H and O–H groups in total. The van der Waals surface area contributed by atoms with Crippen LogP contribution in [-0.2, 0) is 0 Å². The van der Waals surface area contributed by atoms with Crippen LogP contribution in [0.2, 0.25) is 0 Å². The zero-order valence-corrected chi connectivity index (χ0v) is 10.1. The summed E-state index contributed by atoms with van der Waals surface area (Å²) in [5.74, 6) is 1.15. The Kier molecular flexibility index (Phi) is 3.64. The summed E-state index contributed by atoms with van der Waals surface area (Å²) in [6.07, 6.45) is 1.78. The largest absolute Gasteiger partial charge is 0.410 e. The molecule has 1 heterocycles. The molecule has 17 heavy (non-hydrogen) atoms. The number of hydrogen-bond donors (Lipinski definition) is 0. The number of nitrogens with zero attached hydrogens (tertiary/aromatic N) is 2. The minimum atomic E-state index is -4.15. The van der Waals surface area contributed by atoms with E-state index in [1.165, 1.54) is 24.1 Å². The van der Waals surface area contributed by atoms with Gasteiger partial charge in [-0.3, -0.25) is 5.01 Å². The Balaban J connectivity index is 1.78. The molecule has 2 rings (SSSR count). The lowest BCUT2D eigenvalue weighted by molar-refractivity contribution is -0.181. The fourth-order valence-electron chi connectivity index (χ4n) is 2.86. The van der Waals surface area contributed by atoms with Crippen molar-refractivity contribution in [3.05, 3.63) is 0 Å². The molecule has 1 aliphatic carbocycles. The van der Waals surface area contributed by atoms with Crippen molar-refractivity contribution in [2.45, 2.75) is 51.2 Å². The van der Waals surface area contributed by atoms with Gasteiger partial charge >= 0.3 is 6.18 Å². The van der Waals surface area contributed by atoms with E-state index >= 15 is 0 Å². The number of rotatable bonds is 4. The van der Waals surface area contributed by atoms with E-state index in [1.807, 2.05) is 0 Å². The van der Waals surface area contributed by atoms with Crippen molar-refractivity contribution in [2.24, 2.45) is 16.9 Å². The third kappa shape index (κ3) is 2.93. The zero-order chi connectivity index (χ0) is 12.5. The number of hydrogen-bond acceptors (Lipinski definition) is 2. The summed E-state index contributed by atoms with van der Waals surface area (Å²) in [5.41, 5.74) is 0. The molecule has 1 saturated carbocycles. The van der Waals surface area contributed by atoms with Crippen molar-refractivity contribution >= 4 is 6.21 Å². The molecule has 5 heteroatoms. The van der Waals surface area contributed by atoms with E-state index in [4.69, 9.17) is 0 Å². The molecule has 0 spiro atoms. The lowest BCUT2D eigenvalue weighted by Crippen LogP contribution is -2.44. The van der Waals surface area contributed by atoms with Gasteiger partial charge in [0.15, 0.2) is 0 Å². The number of halogens is 3. The van der Waals surface area contributed by atoms with Gasteiger partial charge in [-0.25, -0.2) is 0 Å². The summed E-state index contributed by atoms with van der Waals surface area (Å²) < 4.78 is 38.0. The standard InChI is InChI=1S/C12H19F3N2/c1-2-3-9-6-10(7-9)8-17-11(4-5-16-17)12(13,14)15/h5,9-11H,2-4,6-8H2,1H3. The summed E-state index contributed by atoms with van der Waals surface area (Å²) >= 11 is 0. The van der Waals surface area contributed by atoms with Crippen molar-refractivity contribution in [1.82, 2.24) is 5.01 Å². The minimum absolute atomic E-state index is 0.00854. The second kappa shape index (κ2) is 4.86. The Hall–Kier alpha value is -0.740. The van der Waals surface area contributed by atoms with Gasteiger partial charge in [0.05, 0.1) is 0 Å². The van der Waals surface area contributed by atoms with Crippen molar-refractivity contribution in [1.29, 1.82) is 0 Å². The fourth-order valence-corrected chi connectivity index (χ4v) is 2.86. The van der Waals surface area contributed by atoms with Crippen molar-refractivity contribution in [3.8, 4) is 0 Å². The average Bonchev–Trinajstić information content (AvgIpc) is 2.62.